The second-order valence-corrected chi connectivity index (χ2v) is 6.25. The van der Waals surface area contributed by atoms with Gasteiger partial charge in [-0.3, -0.25) is 9.69 Å². The van der Waals surface area contributed by atoms with Crippen LogP contribution >= 0.6 is 0 Å². The fourth-order valence-corrected chi connectivity index (χ4v) is 3.13. The summed E-state index contributed by atoms with van der Waals surface area (Å²) < 4.78 is 5.50. The lowest BCUT2D eigenvalue weighted by molar-refractivity contribution is -0.126. The Morgan fingerprint density at radius 1 is 1.40 bits per heavy atom. The Labute approximate surface area is 121 Å². The molecule has 5 nitrogen and oxygen atoms in total. The zero-order valence-electron chi connectivity index (χ0n) is 12.7. The molecule has 20 heavy (non-hydrogen) atoms. The fraction of sp³-hybridized carbons (Fsp3) is 0.933. The van der Waals surface area contributed by atoms with Crippen LogP contribution in [0.25, 0.3) is 0 Å². The third-order valence-electron chi connectivity index (χ3n) is 4.71. The van der Waals surface area contributed by atoms with Gasteiger partial charge in [-0.15, -0.1) is 0 Å². The van der Waals surface area contributed by atoms with E-state index in [2.05, 4.69) is 5.32 Å². The first-order valence-corrected chi connectivity index (χ1v) is 7.85. The number of aliphatic hydroxyl groups excluding tert-OH is 1. The van der Waals surface area contributed by atoms with Crippen molar-refractivity contribution >= 4 is 5.91 Å². The van der Waals surface area contributed by atoms with E-state index in [4.69, 9.17) is 4.74 Å². The summed E-state index contributed by atoms with van der Waals surface area (Å²) in [7, 11) is 1.96. The summed E-state index contributed by atoms with van der Waals surface area (Å²) >= 11 is 0. The van der Waals surface area contributed by atoms with Crippen molar-refractivity contribution in [3.63, 3.8) is 0 Å². The molecular formula is C15H28N2O3. The summed E-state index contributed by atoms with van der Waals surface area (Å²) in [5.41, 5.74) is 0. The predicted octanol–water partition coefficient (Wildman–Crippen LogP) is 0.763. The lowest BCUT2D eigenvalue weighted by atomic mass is 10.0. The number of carbonyl (C=O) groups is 1. The monoisotopic (exact) mass is 284 g/mol. The number of hydrogen-bond acceptors (Lipinski definition) is 4. The van der Waals surface area contributed by atoms with Crippen molar-refractivity contribution in [1.29, 1.82) is 0 Å². The highest BCUT2D eigenvalue weighted by molar-refractivity contribution is 5.81. The maximum Gasteiger partial charge on any atom is 0.237 e. The van der Waals surface area contributed by atoms with E-state index in [9.17, 15) is 9.90 Å². The van der Waals surface area contributed by atoms with E-state index in [0.29, 0.717) is 12.5 Å². The molecule has 116 valence electrons. The maximum atomic E-state index is 12.1. The quantitative estimate of drug-likeness (QED) is 0.756. The van der Waals surface area contributed by atoms with Crippen LogP contribution < -0.4 is 5.32 Å². The second kappa shape index (κ2) is 7.38. The average molecular weight is 284 g/mol. The van der Waals surface area contributed by atoms with Crippen molar-refractivity contribution < 1.29 is 14.6 Å². The SMILES string of the molecule is CC(C(=O)NCC1CCCO1)N(C)CC1CCCC1O. The van der Waals surface area contributed by atoms with Crippen molar-refractivity contribution in [1.82, 2.24) is 10.2 Å². The van der Waals surface area contributed by atoms with Crippen LogP contribution in [0.4, 0.5) is 0 Å². The van der Waals surface area contributed by atoms with Gasteiger partial charge < -0.3 is 15.2 Å². The zero-order chi connectivity index (χ0) is 14.5. The number of nitrogens with one attached hydrogen (secondary N) is 1. The van der Waals surface area contributed by atoms with E-state index < -0.39 is 0 Å². The van der Waals surface area contributed by atoms with Gasteiger partial charge in [0.05, 0.1) is 18.2 Å². The number of hydrogen-bond donors (Lipinski definition) is 2. The highest BCUT2D eigenvalue weighted by atomic mass is 16.5. The van der Waals surface area contributed by atoms with E-state index in [1.807, 2.05) is 18.9 Å². The molecule has 1 aliphatic heterocycles. The van der Waals surface area contributed by atoms with Gasteiger partial charge >= 0.3 is 0 Å². The molecule has 4 unspecified atom stereocenters. The highest BCUT2D eigenvalue weighted by Gasteiger charge is 2.29. The lowest BCUT2D eigenvalue weighted by Gasteiger charge is -2.28. The standard InChI is InChI=1S/C15H28N2O3/c1-11(15(19)16-9-13-6-4-8-20-13)17(2)10-12-5-3-7-14(12)18/h11-14,18H,3-10H2,1-2H3,(H,16,19). The van der Waals surface area contributed by atoms with Crippen LogP contribution in [0, 0.1) is 5.92 Å². The highest BCUT2D eigenvalue weighted by Crippen LogP contribution is 2.26. The molecule has 0 aromatic heterocycles. The Morgan fingerprint density at radius 3 is 2.80 bits per heavy atom. The first-order valence-electron chi connectivity index (χ1n) is 7.85. The second-order valence-electron chi connectivity index (χ2n) is 6.25. The average Bonchev–Trinajstić information content (AvgIpc) is 3.07. The Bertz CT molecular complexity index is 318. The smallest absolute Gasteiger partial charge is 0.237 e. The molecule has 5 heteroatoms. The van der Waals surface area contributed by atoms with Gasteiger partial charge in [0.15, 0.2) is 0 Å². The molecule has 0 bridgehead atoms. The van der Waals surface area contributed by atoms with Crippen LogP contribution in [0.5, 0.6) is 0 Å². The number of likely N-dealkylation sites (N-methyl/N-ethyl adjacent to an activating group) is 1. The molecule has 1 aliphatic carbocycles. The van der Waals surface area contributed by atoms with Gasteiger partial charge in [-0.05, 0) is 45.6 Å². The third kappa shape index (κ3) is 4.17. The van der Waals surface area contributed by atoms with Crippen LogP contribution in [0.2, 0.25) is 0 Å². The normalized spacial score (nSPS) is 31.7. The van der Waals surface area contributed by atoms with Crippen LogP contribution in [0.15, 0.2) is 0 Å². The Kier molecular flexibility index (Phi) is 5.81. The minimum absolute atomic E-state index is 0.0514. The topological polar surface area (TPSA) is 61.8 Å². The minimum Gasteiger partial charge on any atom is -0.393 e. The van der Waals surface area contributed by atoms with Gasteiger partial charge in [-0.2, -0.15) is 0 Å². The number of nitrogens with zero attached hydrogens (tertiary/aromatic N) is 1. The first kappa shape index (κ1) is 15.7. The molecular weight excluding hydrogens is 256 g/mol. The summed E-state index contributed by atoms with van der Waals surface area (Å²) in [5, 5.41) is 12.8. The molecule has 2 fully saturated rings. The van der Waals surface area contributed by atoms with Crippen LogP contribution in [-0.4, -0.2) is 60.9 Å². The molecule has 0 aromatic rings. The molecule has 1 amide bonds. The van der Waals surface area contributed by atoms with Gasteiger partial charge in [0.25, 0.3) is 0 Å². The molecule has 1 heterocycles. The van der Waals surface area contributed by atoms with Gasteiger partial charge in [0, 0.05) is 19.7 Å². The summed E-state index contributed by atoms with van der Waals surface area (Å²) in [4.78, 5) is 14.2. The van der Waals surface area contributed by atoms with E-state index in [-0.39, 0.29) is 24.2 Å². The van der Waals surface area contributed by atoms with Gasteiger partial charge in [-0.1, -0.05) is 6.42 Å². The number of carbonyl (C=O) groups excluding carboxylic acids is 1. The van der Waals surface area contributed by atoms with E-state index in [1.54, 1.807) is 0 Å². The van der Waals surface area contributed by atoms with E-state index in [0.717, 1.165) is 45.3 Å². The molecule has 0 spiro atoms. The Balaban J connectivity index is 1.70. The molecule has 2 N–H and O–H groups in total. The van der Waals surface area contributed by atoms with Gasteiger partial charge in [0.1, 0.15) is 0 Å². The molecule has 0 aromatic carbocycles. The van der Waals surface area contributed by atoms with Gasteiger partial charge in [0.2, 0.25) is 5.91 Å². The fourth-order valence-electron chi connectivity index (χ4n) is 3.13. The summed E-state index contributed by atoms with van der Waals surface area (Å²) in [6.45, 7) is 4.14. The molecule has 2 aliphatic rings. The Hall–Kier alpha value is -0.650. The number of amides is 1. The van der Waals surface area contributed by atoms with E-state index >= 15 is 0 Å². The minimum atomic E-state index is -0.195. The molecule has 2 rings (SSSR count). The van der Waals surface area contributed by atoms with Crippen LogP contribution in [0.3, 0.4) is 0 Å². The van der Waals surface area contributed by atoms with Crippen molar-refractivity contribution in [2.45, 2.75) is 57.3 Å². The summed E-state index contributed by atoms with van der Waals surface area (Å²) in [6.07, 6.45) is 5.19. The summed E-state index contributed by atoms with van der Waals surface area (Å²) in [5.74, 6) is 0.365. The van der Waals surface area contributed by atoms with Crippen molar-refractivity contribution in [2.24, 2.45) is 5.92 Å². The first-order chi connectivity index (χ1) is 9.58. The molecule has 0 radical (unpaired) electrons. The van der Waals surface area contributed by atoms with Crippen LogP contribution in [0.1, 0.15) is 39.0 Å². The van der Waals surface area contributed by atoms with E-state index in [1.165, 1.54) is 0 Å². The van der Waals surface area contributed by atoms with Crippen molar-refractivity contribution in [3.8, 4) is 0 Å². The van der Waals surface area contributed by atoms with Crippen LogP contribution in [-0.2, 0) is 9.53 Å². The summed E-state index contributed by atoms with van der Waals surface area (Å²) in [6, 6.07) is -0.163. The zero-order valence-corrected chi connectivity index (χ0v) is 12.7. The van der Waals surface area contributed by atoms with Crippen molar-refractivity contribution in [2.75, 3.05) is 26.7 Å². The van der Waals surface area contributed by atoms with Crippen molar-refractivity contribution in [3.05, 3.63) is 0 Å². The van der Waals surface area contributed by atoms with Gasteiger partial charge in [-0.25, -0.2) is 0 Å². The number of aliphatic hydroxyl groups is 1. The number of rotatable bonds is 6. The predicted molar refractivity (Wildman–Crippen MR) is 77.4 cm³/mol. The Morgan fingerprint density at radius 2 is 2.20 bits per heavy atom. The third-order valence-corrected chi connectivity index (χ3v) is 4.71. The molecule has 1 saturated carbocycles. The largest absolute Gasteiger partial charge is 0.393 e. The molecule has 1 saturated heterocycles. The lowest BCUT2D eigenvalue weighted by Crippen LogP contribution is -2.47. The number of ether oxygens (including phenoxy) is 1. The molecule has 4 atom stereocenters. The maximum absolute atomic E-state index is 12.1.